The summed E-state index contributed by atoms with van der Waals surface area (Å²) in [5, 5.41) is 0. The van der Waals surface area contributed by atoms with Crippen LogP contribution in [0.1, 0.15) is 58.8 Å². The van der Waals surface area contributed by atoms with Crippen LogP contribution in [0.2, 0.25) is 0 Å². The van der Waals surface area contributed by atoms with Gasteiger partial charge in [-0.05, 0) is 39.3 Å². The number of hydrogen-bond donors (Lipinski definition) is 1. The second kappa shape index (κ2) is 7.52. The first-order valence-corrected chi connectivity index (χ1v) is 7.80. The minimum Gasteiger partial charge on any atom is -0.467 e. The molecule has 19 heavy (non-hydrogen) atoms. The Bertz CT molecular complexity index is 449. The number of furan rings is 1. The third kappa shape index (κ3) is 5.63. The van der Waals surface area contributed by atoms with Crippen LogP contribution in [0.4, 0.5) is 0 Å². The molecular formula is C15H23NO2S. The van der Waals surface area contributed by atoms with E-state index in [0.717, 1.165) is 19.3 Å². The largest absolute Gasteiger partial charge is 0.467 e. The van der Waals surface area contributed by atoms with Gasteiger partial charge in [0, 0.05) is 6.42 Å². The second-order valence-electron chi connectivity index (χ2n) is 5.37. The fourth-order valence-corrected chi connectivity index (χ4v) is 2.08. The molecule has 0 aromatic carbocycles. The lowest BCUT2D eigenvalue weighted by Crippen LogP contribution is -2.35. The smallest absolute Gasteiger partial charge is 0.138 e. The number of unbranched alkanes of at least 4 members (excludes halogenated alkanes) is 2. The van der Waals surface area contributed by atoms with Gasteiger partial charge in [-0.3, -0.25) is 0 Å². The van der Waals surface area contributed by atoms with E-state index in [2.05, 4.69) is 23.5 Å². The first kappa shape index (κ1) is 16.0. The normalized spacial score (nSPS) is 14.5. The van der Waals surface area contributed by atoms with Crippen LogP contribution in [0, 0.1) is 11.8 Å². The lowest BCUT2D eigenvalue weighted by Gasteiger charge is -2.20. The molecule has 0 spiro atoms. The van der Waals surface area contributed by atoms with Crippen LogP contribution in [-0.2, 0) is 11.0 Å². The first-order valence-electron chi connectivity index (χ1n) is 6.65. The SMILES string of the molecule is CCCCC#C[C@H](N[S@](=O)C(C)(C)C)c1ccco1. The first-order chi connectivity index (χ1) is 8.95. The molecule has 0 aliphatic heterocycles. The average molecular weight is 281 g/mol. The molecule has 4 heteroatoms. The molecule has 0 saturated carbocycles. The second-order valence-corrected chi connectivity index (χ2v) is 7.37. The van der Waals surface area contributed by atoms with Gasteiger partial charge in [-0.2, -0.15) is 0 Å². The van der Waals surface area contributed by atoms with Gasteiger partial charge in [0.05, 0.1) is 22.0 Å². The van der Waals surface area contributed by atoms with Crippen molar-refractivity contribution in [2.24, 2.45) is 0 Å². The van der Waals surface area contributed by atoms with Crippen LogP contribution < -0.4 is 4.72 Å². The molecule has 1 aromatic heterocycles. The Balaban J connectivity index is 2.76. The van der Waals surface area contributed by atoms with Crippen molar-refractivity contribution in [3.8, 4) is 11.8 Å². The van der Waals surface area contributed by atoms with Gasteiger partial charge in [-0.15, -0.1) is 5.92 Å². The molecule has 0 aliphatic rings. The molecule has 1 aromatic rings. The number of nitrogens with one attached hydrogen (secondary N) is 1. The van der Waals surface area contributed by atoms with E-state index in [1.54, 1.807) is 6.26 Å². The molecule has 0 fully saturated rings. The summed E-state index contributed by atoms with van der Waals surface area (Å²) in [6.07, 6.45) is 4.68. The Hall–Kier alpha value is -1.05. The zero-order chi connectivity index (χ0) is 14.3. The van der Waals surface area contributed by atoms with Gasteiger partial charge in [-0.1, -0.05) is 19.3 Å². The summed E-state index contributed by atoms with van der Waals surface area (Å²) in [4.78, 5) is 0. The third-order valence-corrected chi connectivity index (χ3v) is 4.07. The minimum atomic E-state index is -1.17. The highest BCUT2D eigenvalue weighted by Gasteiger charge is 2.23. The van der Waals surface area contributed by atoms with Crippen molar-refractivity contribution >= 4 is 11.0 Å². The summed E-state index contributed by atoms with van der Waals surface area (Å²) in [5.74, 6) is 6.95. The maximum absolute atomic E-state index is 12.1. The number of rotatable bonds is 5. The van der Waals surface area contributed by atoms with E-state index in [1.165, 1.54) is 0 Å². The Morgan fingerprint density at radius 1 is 1.47 bits per heavy atom. The van der Waals surface area contributed by atoms with E-state index >= 15 is 0 Å². The summed E-state index contributed by atoms with van der Waals surface area (Å²) in [6.45, 7) is 7.93. The predicted octanol–water partition coefficient (Wildman–Crippen LogP) is 3.57. The third-order valence-electron chi connectivity index (χ3n) is 2.51. The molecule has 0 unspecified atom stereocenters. The maximum atomic E-state index is 12.1. The van der Waals surface area contributed by atoms with Crippen LogP contribution in [0.15, 0.2) is 22.8 Å². The van der Waals surface area contributed by atoms with Gasteiger partial charge in [0.1, 0.15) is 11.8 Å². The molecule has 0 amide bonds. The van der Waals surface area contributed by atoms with E-state index < -0.39 is 11.0 Å². The monoisotopic (exact) mass is 281 g/mol. The van der Waals surface area contributed by atoms with Gasteiger partial charge in [0.2, 0.25) is 0 Å². The van der Waals surface area contributed by atoms with Crippen molar-refractivity contribution in [1.29, 1.82) is 0 Å². The molecule has 0 aliphatic carbocycles. The Labute approximate surface area is 118 Å². The minimum absolute atomic E-state index is 0.313. The molecule has 1 N–H and O–H groups in total. The van der Waals surface area contributed by atoms with Crippen molar-refractivity contribution in [2.45, 2.75) is 57.7 Å². The van der Waals surface area contributed by atoms with E-state index in [-0.39, 0.29) is 10.8 Å². The van der Waals surface area contributed by atoms with Crippen molar-refractivity contribution in [3.05, 3.63) is 24.2 Å². The molecule has 3 nitrogen and oxygen atoms in total. The highest BCUT2D eigenvalue weighted by atomic mass is 32.2. The van der Waals surface area contributed by atoms with Crippen molar-refractivity contribution in [1.82, 2.24) is 4.72 Å². The Kier molecular flexibility index (Phi) is 6.33. The Morgan fingerprint density at radius 2 is 2.21 bits per heavy atom. The molecule has 106 valence electrons. The molecular weight excluding hydrogens is 258 g/mol. The van der Waals surface area contributed by atoms with Crippen molar-refractivity contribution < 1.29 is 8.63 Å². The van der Waals surface area contributed by atoms with Gasteiger partial charge in [0.25, 0.3) is 0 Å². The van der Waals surface area contributed by atoms with Crippen LogP contribution in [0.25, 0.3) is 0 Å². The average Bonchev–Trinajstić information content (AvgIpc) is 2.85. The van der Waals surface area contributed by atoms with Crippen LogP contribution in [0.3, 0.4) is 0 Å². The topological polar surface area (TPSA) is 42.2 Å². The highest BCUT2D eigenvalue weighted by Crippen LogP contribution is 2.17. The molecule has 0 radical (unpaired) electrons. The van der Waals surface area contributed by atoms with Gasteiger partial charge in [0.15, 0.2) is 0 Å². The summed E-state index contributed by atoms with van der Waals surface area (Å²) >= 11 is 0. The molecule has 1 heterocycles. The summed E-state index contributed by atoms with van der Waals surface area (Å²) < 4.78 is 20.2. The highest BCUT2D eigenvalue weighted by molar-refractivity contribution is 7.84. The zero-order valence-corrected chi connectivity index (χ0v) is 13.0. The summed E-state index contributed by atoms with van der Waals surface area (Å²) in [7, 11) is -1.17. The van der Waals surface area contributed by atoms with Crippen LogP contribution >= 0.6 is 0 Å². The molecule has 0 bridgehead atoms. The summed E-state index contributed by atoms with van der Waals surface area (Å²) in [6, 6.07) is 3.36. The standard InChI is InChI=1S/C15H23NO2S/c1-5-6-7-8-10-13(14-11-9-12-18-14)16-19(17)15(2,3)4/h9,11-13,16H,5-7H2,1-4H3/t13-,19+/m0/s1. The van der Waals surface area contributed by atoms with E-state index in [0.29, 0.717) is 5.76 Å². The van der Waals surface area contributed by atoms with E-state index in [4.69, 9.17) is 4.42 Å². The van der Waals surface area contributed by atoms with Crippen LogP contribution in [-0.4, -0.2) is 8.96 Å². The van der Waals surface area contributed by atoms with Gasteiger partial charge < -0.3 is 4.42 Å². The lowest BCUT2D eigenvalue weighted by molar-refractivity contribution is 0.485. The van der Waals surface area contributed by atoms with E-state index in [9.17, 15) is 4.21 Å². The van der Waals surface area contributed by atoms with Gasteiger partial charge in [-0.25, -0.2) is 8.93 Å². The van der Waals surface area contributed by atoms with Gasteiger partial charge >= 0.3 is 0 Å². The van der Waals surface area contributed by atoms with Crippen molar-refractivity contribution in [2.75, 3.05) is 0 Å². The molecule has 0 saturated heterocycles. The molecule has 1 rings (SSSR count). The molecule has 2 atom stereocenters. The van der Waals surface area contributed by atoms with Crippen molar-refractivity contribution in [3.63, 3.8) is 0 Å². The lowest BCUT2D eigenvalue weighted by atomic mass is 10.2. The predicted molar refractivity (Wildman–Crippen MR) is 79.8 cm³/mol. The summed E-state index contributed by atoms with van der Waals surface area (Å²) in [5.41, 5.74) is 0. The number of hydrogen-bond acceptors (Lipinski definition) is 2. The fourth-order valence-electron chi connectivity index (χ4n) is 1.34. The maximum Gasteiger partial charge on any atom is 0.138 e. The van der Waals surface area contributed by atoms with E-state index in [1.807, 2.05) is 32.9 Å². The Morgan fingerprint density at radius 3 is 2.74 bits per heavy atom. The zero-order valence-electron chi connectivity index (χ0n) is 12.2. The fraction of sp³-hybridized carbons (Fsp3) is 0.600. The van der Waals surface area contributed by atoms with Crippen LogP contribution in [0.5, 0.6) is 0 Å². The quantitative estimate of drug-likeness (QED) is 0.662.